The standard InChI is InChI=1S/C19H24N2O4/c22-17(14-7-2-1-3-8-14)20-11-6-9-15(13-20)18(23)21-12-5-4-10-16(21)19(24)25/h1-3,7-8,15-16H,4-6,9-13H2,(H,24,25)/t15?,16-/m1/s1. The minimum atomic E-state index is -0.930. The number of amides is 2. The average molecular weight is 344 g/mol. The van der Waals surface area contributed by atoms with Crippen LogP contribution >= 0.6 is 0 Å². The number of aliphatic carboxylic acids is 1. The normalized spacial score (nSPS) is 24.0. The van der Waals surface area contributed by atoms with Gasteiger partial charge in [0.15, 0.2) is 0 Å². The molecule has 3 rings (SSSR count). The molecule has 2 atom stereocenters. The first-order valence-corrected chi connectivity index (χ1v) is 8.95. The molecule has 2 saturated heterocycles. The van der Waals surface area contributed by atoms with Crippen molar-refractivity contribution in [1.82, 2.24) is 9.80 Å². The smallest absolute Gasteiger partial charge is 0.326 e. The lowest BCUT2D eigenvalue weighted by atomic mass is 9.93. The topological polar surface area (TPSA) is 77.9 Å². The van der Waals surface area contributed by atoms with Crippen molar-refractivity contribution in [3.05, 3.63) is 35.9 Å². The summed E-state index contributed by atoms with van der Waals surface area (Å²) in [7, 11) is 0. The molecule has 0 saturated carbocycles. The van der Waals surface area contributed by atoms with Crippen LogP contribution in [0.2, 0.25) is 0 Å². The number of piperidine rings is 2. The summed E-state index contributed by atoms with van der Waals surface area (Å²) in [5, 5.41) is 9.39. The summed E-state index contributed by atoms with van der Waals surface area (Å²) in [6.45, 7) is 1.51. The van der Waals surface area contributed by atoms with E-state index in [9.17, 15) is 19.5 Å². The summed E-state index contributed by atoms with van der Waals surface area (Å²) in [4.78, 5) is 40.2. The first-order valence-electron chi connectivity index (χ1n) is 8.95. The molecule has 2 aliphatic rings. The van der Waals surface area contributed by atoms with Gasteiger partial charge in [0.05, 0.1) is 5.92 Å². The molecule has 0 aromatic heterocycles. The molecule has 1 unspecified atom stereocenters. The van der Waals surface area contributed by atoms with Gasteiger partial charge in [-0.2, -0.15) is 0 Å². The van der Waals surface area contributed by atoms with Gasteiger partial charge in [0.1, 0.15) is 6.04 Å². The zero-order valence-corrected chi connectivity index (χ0v) is 14.3. The molecule has 134 valence electrons. The Morgan fingerprint density at radius 2 is 1.72 bits per heavy atom. The van der Waals surface area contributed by atoms with E-state index in [4.69, 9.17) is 0 Å². The molecule has 2 aliphatic heterocycles. The number of hydrogen-bond acceptors (Lipinski definition) is 3. The van der Waals surface area contributed by atoms with Crippen LogP contribution in [0.25, 0.3) is 0 Å². The SMILES string of the molecule is O=C(O)[C@H]1CCCCN1C(=O)C1CCCN(C(=O)c2ccccc2)C1. The zero-order valence-electron chi connectivity index (χ0n) is 14.3. The molecule has 0 bridgehead atoms. The number of carbonyl (C=O) groups excluding carboxylic acids is 2. The lowest BCUT2D eigenvalue weighted by Gasteiger charge is -2.38. The van der Waals surface area contributed by atoms with E-state index >= 15 is 0 Å². The second-order valence-corrected chi connectivity index (χ2v) is 6.84. The Kier molecular flexibility index (Phi) is 5.36. The van der Waals surface area contributed by atoms with Gasteiger partial charge in [-0.3, -0.25) is 9.59 Å². The van der Waals surface area contributed by atoms with E-state index in [1.165, 1.54) is 4.90 Å². The number of hydrogen-bond donors (Lipinski definition) is 1. The van der Waals surface area contributed by atoms with Crippen LogP contribution < -0.4 is 0 Å². The maximum atomic E-state index is 12.9. The minimum Gasteiger partial charge on any atom is -0.480 e. The van der Waals surface area contributed by atoms with Gasteiger partial charge in [-0.25, -0.2) is 4.79 Å². The molecule has 2 heterocycles. The van der Waals surface area contributed by atoms with E-state index in [0.29, 0.717) is 38.0 Å². The summed E-state index contributed by atoms with van der Waals surface area (Å²) in [6, 6.07) is 8.34. The fraction of sp³-hybridized carbons (Fsp3) is 0.526. The van der Waals surface area contributed by atoms with E-state index in [2.05, 4.69) is 0 Å². The number of nitrogens with zero attached hydrogens (tertiary/aromatic N) is 2. The predicted octanol–water partition coefficient (Wildman–Crippen LogP) is 2.00. The van der Waals surface area contributed by atoms with Crippen molar-refractivity contribution in [1.29, 1.82) is 0 Å². The van der Waals surface area contributed by atoms with Crippen LogP contribution in [-0.2, 0) is 9.59 Å². The number of likely N-dealkylation sites (tertiary alicyclic amines) is 2. The van der Waals surface area contributed by atoms with Crippen molar-refractivity contribution in [2.24, 2.45) is 5.92 Å². The molecule has 0 spiro atoms. The van der Waals surface area contributed by atoms with Gasteiger partial charge < -0.3 is 14.9 Å². The third-order valence-corrected chi connectivity index (χ3v) is 5.15. The highest BCUT2D eigenvalue weighted by Gasteiger charge is 2.37. The molecule has 2 fully saturated rings. The van der Waals surface area contributed by atoms with E-state index < -0.39 is 12.0 Å². The Balaban J connectivity index is 1.69. The lowest BCUT2D eigenvalue weighted by molar-refractivity contribution is -0.154. The highest BCUT2D eigenvalue weighted by atomic mass is 16.4. The van der Waals surface area contributed by atoms with Crippen LogP contribution in [0.4, 0.5) is 0 Å². The van der Waals surface area contributed by atoms with E-state index in [1.807, 2.05) is 18.2 Å². The van der Waals surface area contributed by atoms with Gasteiger partial charge in [0.25, 0.3) is 5.91 Å². The minimum absolute atomic E-state index is 0.0634. The number of carboxylic acids is 1. The molecule has 0 aliphatic carbocycles. The van der Waals surface area contributed by atoms with Crippen LogP contribution in [0.1, 0.15) is 42.5 Å². The zero-order chi connectivity index (χ0) is 17.8. The molecule has 1 N–H and O–H groups in total. The fourth-order valence-corrected chi connectivity index (χ4v) is 3.81. The largest absolute Gasteiger partial charge is 0.480 e. The van der Waals surface area contributed by atoms with Crippen molar-refractivity contribution >= 4 is 17.8 Å². The second kappa shape index (κ2) is 7.68. The molecular formula is C19H24N2O4. The summed E-state index contributed by atoms with van der Waals surface area (Å²) in [5.74, 6) is -1.41. The quantitative estimate of drug-likeness (QED) is 0.910. The maximum absolute atomic E-state index is 12.9. The molecule has 1 aromatic rings. The monoisotopic (exact) mass is 344 g/mol. The van der Waals surface area contributed by atoms with E-state index in [1.54, 1.807) is 17.0 Å². The first kappa shape index (κ1) is 17.5. The van der Waals surface area contributed by atoms with Gasteiger partial charge in [0.2, 0.25) is 5.91 Å². The molecule has 6 nitrogen and oxygen atoms in total. The van der Waals surface area contributed by atoms with Crippen molar-refractivity contribution in [2.75, 3.05) is 19.6 Å². The van der Waals surface area contributed by atoms with Gasteiger partial charge >= 0.3 is 5.97 Å². The Bertz CT molecular complexity index is 646. The Hall–Kier alpha value is -2.37. The van der Waals surface area contributed by atoms with Crippen LogP contribution in [0.3, 0.4) is 0 Å². The van der Waals surface area contributed by atoms with Crippen LogP contribution in [0.5, 0.6) is 0 Å². The molecule has 1 aromatic carbocycles. The highest BCUT2D eigenvalue weighted by molar-refractivity contribution is 5.94. The Labute approximate surface area is 147 Å². The van der Waals surface area contributed by atoms with Gasteiger partial charge in [-0.05, 0) is 44.2 Å². The summed E-state index contributed by atoms with van der Waals surface area (Å²) in [5.41, 5.74) is 0.622. The number of carboxylic acid groups (broad SMARTS) is 1. The summed E-state index contributed by atoms with van der Waals surface area (Å²) >= 11 is 0. The highest BCUT2D eigenvalue weighted by Crippen LogP contribution is 2.25. The second-order valence-electron chi connectivity index (χ2n) is 6.84. The number of rotatable bonds is 3. The Morgan fingerprint density at radius 1 is 0.960 bits per heavy atom. The van der Waals surface area contributed by atoms with Crippen LogP contribution in [0.15, 0.2) is 30.3 Å². The van der Waals surface area contributed by atoms with Crippen molar-refractivity contribution in [2.45, 2.75) is 38.1 Å². The number of benzene rings is 1. The first-order chi connectivity index (χ1) is 12.1. The average Bonchev–Trinajstić information content (AvgIpc) is 2.67. The van der Waals surface area contributed by atoms with Crippen LogP contribution in [-0.4, -0.2) is 58.4 Å². The summed E-state index contributed by atoms with van der Waals surface area (Å²) < 4.78 is 0. The van der Waals surface area contributed by atoms with Gasteiger partial charge in [0, 0.05) is 25.2 Å². The van der Waals surface area contributed by atoms with E-state index in [-0.39, 0.29) is 17.7 Å². The number of carbonyl (C=O) groups is 3. The maximum Gasteiger partial charge on any atom is 0.326 e. The lowest BCUT2D eigenvalue weighted by Crippen LogP contribution is -2.53. The fourth-order valence-electron chi connectivity index (χ4n) is 3.81. The molecular weight excluding hydrogens is 320 g/mol. The van der Waals surface area contributed by atoms with Gasteiger partial charge in [-0.1, -0.05) is 18.2 Å². The molecule has 6 heteroatoms. The van der Waals surface area contributed by atoms with Crippen LogP contribution in [0, 0.1) is 5.92 Å². The third-order valence-electron chi connectivity index (χ3n) is 5.15. The van der Waals surface area contributed by atoms with Crippen molar-refractivity contribution in [3.63, 3.8) is 0 Å². The molecule has 25 heavy (non-hydrogen) atoms. The Morgan fingerprint density at radius 3 is 2.44 bits per heavy atom. The van der Waals surface area contributed by atoms with E-state index in [0.717, 1.165) is 19.3 Å². The summed E-state index contributed by atoms with van der Waals surface area (Å²) in [6.07, 6.45) is 3.67. The third kappa shape index (κ3) is 3.83. The van der Waals surface area contributed by atoms with Crippen molar-refractivity contribution < 1.29 is 19.5 Å². The molecule has 2 amide bonds. The molecule has 0 radical (unpaired) electrons. The van der Waals surface area contributed by atoms with Crippen molar-refractivity contribution in [3.8, 4) is 0 Å². The van der Waals surface area contributed by atoms with Gasteiger partial charge in [-0.15, -0.1) is 0 Å². The predicted molar refractivity (Wildman–Crippen MR) is 92.1 cm³/mol.